The molecule has 0 fully saturated rings. The van der Waals surface area contributed by atoms with Gasteiger partial charge in [-0.2, -0.15) is 0 Å². The number of hydrogen-bond acceptors (Lipinski definition) is 1. The molecule has 0 spiro atoms. The molecule has 2 rings (SSSR count). The van der Waals surface area contributed by atoms with Crippen molar-refractivity contribution in [3.8, 4) is 0 Å². The van der Waals surface area contributed by atoms with Crippen molar-refractivity contribution in [2.45, 2.75) is 34.1 Å². The van der Waals surface area contributed by atoms with Crippen LogP contribution in [0.4, 0.5) is 5.69 Å². The van der Waals surface area contributed by atoms with Crippen LogP contribution in [0.5, 0.6) is 0 Å². The van der Waals surface area contributed by atoms with Crippen molar-refractivity contribution in [1.29, 1.82) is 0 Å². The molecule has 2 aromatic rings. The van der Waals surface area contributed by atoms with Gasteiger partial charge in [0.15, 0.2) is 0 Å². The number of carbonyl (C=O) groups is 1. The van der Waals surface area contributed by atoms with Gasteiger partial charge in [-0.15, -0.1) is 0 Å². The van der Waals surface area contributed by atoms with Crippen molar-refractivity contribution in [3.05, 3.63) is 62.6 Å². The van der Waals surface area contributed by atoms with Gasteiger partial charge in [-0.1, -0.05) is 40.5 Å². The summed E-state index contributed by atoms with van der Waals surface area (Å²) in [6.07, 6.45) is 0.876. The van der Waals surface area contributed by atoms with Crippen LogP contribution in [0.25, 0.3) is 0 Å². The highest BCUT2D eigenvalue weighted by molar-refractivity contribution is 9.10. The molecule has 110 valence electrons. The Kier molecular flexibility index (Phi) is 4.84. The SMILES string of the molecule is CCc1cc(Br)ccc1NC(=O)c1c(C)cc(C)cc1C. The molecule has 1 N–H and O–H groups in total. The Bertz CT molecular complexity index is 669. The van der Waals surface area contributed by atoms with Crippen LogP contribution in [-0.2, 0) is 6.42 Å². The summed E-state index contributed by atoms with van der Waals surface area (Å²) in [4.78, 5) is 12.6. The van der Waals surface area contributed by atoms with Crippen LogP contribution in [-0.4, -0.2) is 5.91 Å². The number of nitrogens with one attached hydrogen (secondary N) is 1. The molecule has 21 heavy (non-hydrogen) atoms. The summed E-state index contributed by atoms with van der Waals surface area (Å²) in [6, 6.07) is 10.0. The Morgan fingerprint density at radius 1 is 1.10 bits per heavy atom. The van der Waals surface area contributed by atoms with Crippen LogP contribution in [0.15, 0.2) is 34.8 Å². The highest BCUT2D eigenvalue weighted by atomic mass is 79.9. The Balaban J connectivity index is 2.35. The summed E-state index contributed by atoms with van der Waals surface area (Å²) < 4.78 is 1.03. The summed E-state index contributed by atoms with van der Waals surface area (Å²) in [5.41, 5.74) is 5.98. The zero-order valence-corrected chi connectivity index (χ0v) is 14.5. The molecule has 0 aliphatic heterocycles. The molecule has 0 bridgehead atoms. The van der Waals surface area contributed by atoms with Gasteiger partial charge in [0, 0.05) is 15.7 Å². The second-order valence-corrected chi connectivity index (χ2v) is 6.30. The Morgan fingerprint density at radius 2 is 1.71 bits per heavy atom. The van der Waals surface area contributed by atoms with E-state index in [9.17, 15) is 4.79 Å². The molecule has 1 amide bonds. The summed E-state index contributed by atoms with van der Waals surface area (Å²) in [6.45, 7) is 8.10. The van der Waals surface area contributed by atoms with Crippen LogP contribution in [0.3, 0.4) is 0 Å². The maximum atomic E-state index is 12.6. The molecule has 0 aliphatic rings. The second kappa shape index (κ2) is 6.44. The first kappa shape index (κ1) is 15.8. The van der Waals surface area contributed by atoms with E-state index >= 15 is 0 Å². The highest BCUT2D eigenvalue weighted by Gasteiger charge is 2.14. The van der Waals surface area contributed by atoms with E-state index in [2.05, 4.69) is 28.2 Å². The molecule has 3 heteroatoms. The van der Waals surface area contributed by atoms with Crippen LogP contribution in [0.2, 0.25) is 0 Å². The average molecular weight is 346 g/mol. The topological polar surface area (TPSA) is 29.1 Å². The normalized spacial score (nSPS) is 10.5. The van der Waals surface area contributed by atoms with Gasteiger partial charge in [0.2, 0.25) is 0 Å². The lowest BCUT2D eigenvalue weighted by molar-refractivity contribution is 0.102. The Morgan fingerprint density at radius 3 is 2.29 bits per heavy atom. The summed E-state index contributed by atoms with van der Waals surface area (Å²) in [5.74, 6) is -0.0398. The molecule has 0 aliphatic carbocycles. The van der Waals surface area contributed by atoms with Crippen LogP contribution < -0.4 is 5.32 Å². The zero-order chi connectivity index (χ0) is 15.6. The third-order valence-corrected chi connectivity index (χ3v) is 4.09. The monoisotopic (exact) mass is 345 g/mol. The van der Waals surface area contributed by atoms with E-state index in [0.29, 0.717) is 0 Å². The lowest BCUT2D eigenvalue weighted by Crippen LogP contribution is -2.16. The maximum absolute atomic E-state index is 12.6. The van der Waals surface area contributed by atoms with Crippen molar-refractivity contribution < 1.29 is 4.79 Å². The molecule has 2 nitrogen and oxygen atoms in total. The van der Waals surface area contributed by atoms with Gasteiger partial charge in [0.1, 0.15) is 0 Å². The third-order valence-electron chi connectivity index (χ3n) is 3.60. The molecule has 0 unspecified atom stereocenters. The van der Waals surface area contributed by atoms with Gasteiger partial charge in [-0.3, -0.25) is 4.79 Å². The van der Waals surface area contributed by atoms with Gasteiger partial charge in [-0.05, 0) is 62.1 Å². The zero-order valence-electron chi connectivity index (χ0n) is 12.9. The lowest BCUT2D eigenvalue weighted by atomic mass is 9.99. The number of halogens is 1. The molecule has 0 atom stereocenters. The van der Waals surface area contributed by atoms with Crippen molar-refractivity contribution in [2.75, 3.05) is 5.32 Å². The quantitative estimate of drug-likeness (QED) is 0.814. The van der Waals surface area contributed by atoms with Crippen LogP contribution in [0, 0.1) is 20.8 Å². The fourth-order valence-electron chi connectivity index (χ4n) is 2.70. The van der Waals surface area contributed by atoms with Gasteiger partial charge < -0.3 is 5.32 Å². The Hall–Kier alpha value is -1.61. The minimum atomic E-state index is -0.0398. The lowest BCUT2D eigenvalue weighted by Gasteiger charge is -2.14. The molecule has 0 saturated carbocycles. The van der Waals surface area contributed by atoms with E-state index in [-0.39, 0.29) is 5.91 Å². The number of aryl methyl sites for hydroxylation is 4. The first-order valence-corrected chi connectivity index (χ1v) is 7.89. The van der Waals surface area contributed by atoms with Crippen molar-refractivity contribution in [3.63, 3.8) is 0 Å². The fourth-order valence-corrected chi connectivity index (χ4v) is 3.11. The predicted molar refractivity (Wildman–Crippen MR) is 92.1 cm³/mol. The van der Waals surface area contributed by atoms with Gasteiger partial charge in [-0.25, -0.2) is 0 Å². The Labute approximate surface area is 134 Å². The van der Waals surface area contributed by atoms with E-state index in [0.717, 1.165) is 38.8 Å². The molecular weight excluding hydrogens is 326 g/mol. The first-order valence-electron chi connectivity index (χ1n) is 7.10. The number of benzene rings is 2. The summed E-state index contributed by atoms with van der Waals surface area (Å²) >= 11 is 3.47. The van der Waals surface area contributed by atoms with E-state index in [1.54, 1.807) is 0 Å². The molecule has 0 saturated heterocycles. The first-order chi connectivity index (χ1) is 9.92. The van der Waals surface area contributed by atoms with E-state index < -0.39 is 0 Å². The minimum absolute atomic E-state index is 0.0398. The standard InChI is InChI=1S/C18H20BrNO/c1-5-14-10-15(19)6-7-16(14)20-18(21)17-12(3)8-11(2)9-13(17)4/h6-10H,5H2,1-4H3,(H,20,21). The average Bonchev–Trinajstić information content (AvgIpc) is 2.39. The van der Waals surface area contributed by atoms with Crippen LogP contribution in [0.1, 0.15) is 39.5 Å². The van der Waals surface area contributed by atoms with E-state index in [1.807, 2.05) is 51.1 Å². The van der Waals surface area contributed by atoms with Gasteiger partial charge >= 0.3 is 0 Å². The van der Waals surface area contributed by atoms with Crippen molar-refractivity contribution in [1.82, 2.24) is 0 Å². The van der Waals surface area contributed by atoms with Gasteiger partial charge in [0.25, 0.3) is 5.91 Å². The molecule has 2 aromatic carbocycles. The van der Waals surface area contributed by atoms with Crippen LogP contribution >= 0.6 is 15.9 Å². The summed E-state index contributed by atoms with van der Waals surface area (Å²) in [5, 5.41) is 3.05. The van der Waals surface area contributed by atoms with Crippen molar-refractivity contribution in [2.24, 2.45) is 0 Å². The number of carbonyl (C=O) groups excluding carboxylic acids is 1. The predicted octanol–water partition coefficient (Wildman–Crippen LogP) is 5.19. The van der Waals surface area contributed by atoms with Crippen molar-refractivity contribution >= 4 is 27.5 Å². The minimum Gasteiger partial charge on any atom is -0.322 e. The second-order valence-electron chi connectivity index (χ2n) is 5.38. The van der Waals surface area contributed by atoms with E-state index in [4.69, 9.17) is 0 Å². The van der Waals surface area contributed by atoms with E-state index in [1.165, 1.54) is 5.56 Å². The molecule has 0 aromatic heterocycles. The number of amides is 1. The smallest absolute Gasteiger partial charge is 0.256 e. The molecular formula is C18H20BrNO. The highest BCUT2D eigenvalue weighted by Crippen LogP contribution is 2.24. The maximum Gasteiger partial charge on any atom is 0.256 e. The molecule has 0 radical (unpaired) electrons. The third kappa shape index (κ3) is 3.53. The largest absolute Gasteiger partial charge is 0.322 e. The van der Waals surface area contributed by atoms with Gasteiger partial charge in [0.05, 0.1) is 0 Å². The number of anilines is 1. The summed E-state index contributed by atoms with van der Waals surface area (Å²) in [7, 11) is 0. The molecule has 0 heterocycles. The number of hydrogen-bond donors (Lipinski definition) is 1. The number of rotatable bonds is 3. The fraction of sp³-hybridized carbons (Fsp3) is 0.278.